The van der Waals surface area contributed by atoms with E-state index in [4.69, 9.17) is 28.3 Å². The Morgan fingerprint density at radius 2 is 1.78 bits per heavy atom. The van der Waals surface area contributed by atoms with Gasteiger partial charge in [0.05, 0.1) is 6.42 Å². The molecule has 2 aromatic carbocycles. The van der Waals surface area contributed by atoms with Gasteiger partial charge in [0, 0.05) is 21.8 Å². The van der Waals surface area contributed by atoms with Gasteiger partial charge in [-0.1, -0.05) is 41.4 Å². The average molecular weight is 350 g/mol. The van der Waals surface area contributed by atoms with Crippen molar-refractivity contribution in [2.75, 3.05) is 5.32 Å². The van der Waals surface area contributed by atoms with Crippen molar-refractivity contribution in [2.24, 2.45) is 0 Å². The summed E-state index contributed by atoms with van der Waals surface area (Å²) >= 11 is 11.8. The number of halogens is 2. The number of hydrogen-bond donors (Lipinski definition) is 2. The second kappa shape index (κ2) is 7.81. The molecule has 4 nitrogen and oxygen atoms in total. The van der Waals surface area contributed by atoms with Gasteiger partial charge in [-0.2, -0.15) is 0 Å². The summed E-state index contributed by atoms with van der Waals surface area (Å²) in [5.74, 6) is -1.22. The fraction of sp³-hybridized carbons (Fsp3) is 0.0588. The Morgan fingerprint density at radius 1 is 1.09 bits per heavy atom. The molecule has 1 amide bonds. The third-order valence-corrected chi connectivity index (χ3v) is 3.52. The minimum Gasteiger partial charge on any atom is -0.481 e. The topological polar surface area (TPSA) is 66.4 Å². The summed E-state index contributed by atoms with van der Waals surface area (Å²) in [6, 6.07) is 11.6. The van der Waals surface area contributed by atoms with Crippen molar-refractivity contribution < 1.29 is 14.7 Å². The summed E-state index contributed by atoms with van der Waals surface area (Å²) < 4.78 is 0. The van der Waals surface area contributed by atoms with E-state index in [9.17, 15) is 9.59 Å². The van der Waals surface area contributed by atoms with E-state index < -0.39 is 5.97 Å². The van der Waals surface area contributed by atoms with E-state index in [0.29, 0.717) is 26.9 Å². The zero-order chi connectivity index (χ0) is 16.8. The molecule has 0 bridgehead atoms. The summed E-state index contributed by atoms with van der Waals surface area (Å²) in [5, 5.41) is 12.4. The van der Waals surface area contributed by atoms with Gasteiger partial charge in [-0.05, 0) is 41.5 Å². The van der Waals surface area contributed by atoms with E-state index in [1.54, 1.807) is 48.5 Å². The lowest BCUT2D eigenvalue weighted by molar-refractivity contribution is -0.136. The van der Waals surface area contributed by atoms with Gasteiger partial charge in [0.25, 0.3) is 0 Å². The van der Waals surface area contributed by atoms with Crippen LogP contribution < -0.4 is 5.32 Å². The highest BCUT2D eigenvalue weighted by molar-refractivity contribution is 6.35. The van der Waals surface area contributed by atoms with Crippen molar-refractivity contribution >= 4 is 46.8 Å². The van der Waals surface area contributed by atoms with Crippen molar-refractivity contribution in [1.29, 1.82) is 0 Å². The molecular weight excluding hydrogens is 337 g/mol. The summed E-state index contributed by atoms with van der Waals surface area (Å²) in [7, 11) is 0. The van der Waals surface area contributed by atoms with Gasteiger partial charge >= 0.3 is 5.97 Å². The first kappa shape index (κ1) is 17.1. The Labute approximate surface area is 143 Å². The number of aliphatic carboxylic acids is 1. The molecule has 0 radical (unpaired) electrons. The van der Waals surface area contributed by atoms with Gasteiger partial charge in [0.2, 0.25) is 5.91 Å². The third kappa shape index (κ3) is 5.43. The summed E-state index contributed by atoms with van der Waals surface area (Å²) in [6.07, 6.45) is 2.90. The van der Waals surface area contributed by atoms with Crippen LogP contribution in [0.3, 0.4) is 0 Å². The molecule has 23 heavy (non-hydrogen) atoms. The lowest BCUT2D eigenvalue weighted by atomic mass is 10.1. The van der Waals surface area contributed by atoms with Crippen LogP contribution in [-0.4, -0.2) is 17.0 Å². The van der Waals surface area contributed by atoms with Crippen LogP contribution in [0, 0.1) is 0 Å². The highest BCUT2D eigenvalue weighted by atomic mass is 35.5. The van der Waals surface area contributed by atoms with E-state index in [0.717, 1.165) is 0 Å². The number of carbonyl (C=O) groups excluding carboxylic acids is 1. The molecule has 0 saturated heterocycles. The minimum absolute atomic E-state index is 0.0524. The van der Waals surface area contributed by atoms with Gasteiger partial charge in [0.1, 0.15) is 0 Å². The molecule has 0 aliphatic heterocycles. The van der Waals surface area contributed by atoms with Crippen molar-refractivity contribution in [2.45, 2.75) is 6.42 Å². The number of carboxylic acids is 1. The van der Waals surface area contributed by atoms with Crippen LogP contribution >= 0.6 is 23.2 Å². The van der Waals surface area contributed by atoms with Crippen LogP contribution in [0.5, 0.6) is 0 Å². The second-order valence-corrected chi connectivity index (χ2v) is 5.60. The summed E-state index contributed by atoms with van der Waals surface area (Å²) in [6.45, 7) is 0. The molecule has 6 heteroatoms. The van der Waals surface area contributed by atoms with Crippen LogP contribution in [0.15, 0.2) is 48.5 Å². The highest BCUT2D eigenvalue weighted by Crippen LogP contribution is 2.22. The monoisotopic (exact) mass is 349 g/mol. The maximum Gasteiger partial charge on any atom is 0.307 e. The lowest BCUT2D eigenvalue weighted by Gasteiger charge is -2.04. The summed E-state index contributed by atoms with van der Waals surface area (Å²) in [4.78, 5) is 22.5. The van der Waals surface area contributed by atoms with Crippen LogP contribution in [0.2, 0.25) is 10.0 Å². The van der Waals surface area contributed by atoms with Crippen LogP contribution in [0.4, 0.5) is 5.69 Å². The molecule has 2 N–H and O–H groups in total. The van der Waals surface area contributed by atoms with Crippen LogP contribution in [0.25, 0.3) is 6.08 Å². The maximum absolute atomic E-state index is 11.9. The van der Waals surface area contributed by atoms with Crippen molar-refractivity contribution in [3.05, 3.63) is 69.7 Å². The normalized spacial score (nSPS) is 10.7. The fourth-order valence-electron chi connectivity index (χ4n) is 1.87. The predicted molar refractivity (Wildman–Crippen MR) is 91.9 cm³/mol. The molecule has 0 saturated carbocycles. The Hall–Kier alpha value is -2.30. The highest BCUT2D eigenvalue weighted by Gasteiger charge is 2.03. The van der Waals surface area contributed by atoms with Gasteiger partial charge < -0.3 is 10.4 Å². The minimum atomic E-state index is -0.899. The van der Waals surface area contributed by atoms with Crippen molar-refractivity contribution in [1.82, 2.24) is 0 Å². The van der Waals surface area contributed by atoms with Gasteiger partial charge in [-0.3, -0.25) is 9.59 Å². The molecule has 2 rings (SSSR count). The Morgan fingerprint density at radius 3 is 2.39 bits per heavy atom. The molecule has 0 spiro atoms. The largest absolute Gasteiger partial charge is 0.481 e. The van der Waals surface area contributed by atoms with E-state index in [1.165, 1.54) is 6.08 Å². The number of anilines is 1. The smallest absolute Gasteiger partial charge is 0.307 e. The molecule has 118 valence electrons. The molecule has 0 unspecified atom stereocenters. The summed E-state index contributed by atoms with van der Waals surface area (Å²) in [5.41, 5.74) is 1.93. The molecule has 0 heterocycles. The Kier molecular flexibility index (Phi) is 5.79. The van der Waals surface area contributed by atoms with Crippen molar-refractivity contribution in [3.8, 4) is 0 Å². The maximum atomic E-state index is 11.9. The van der Waals surface area contributed by atoms with Gasteiger partial charge in [-0.25, -0.2) is 0 Å². The first-order valence-corrected chi connectivity index (χ1v) is 7.44. The predicted octanol–water partition coefficient (Wildman–Crippen LogP) is 4.27. The third-order valence-electron chi connectivity index (χ3n) is 2.95. The van der Waals surface area contributed by atoms with Gasteiger partial charge in [-0.15, -0.1) is 0 Å². The van der Waals surface area contributed by atoms with Crippen LogP contribution in [0.1, 0.15) is 11.1 Å². The quantitative estimate of drug-likeness (QED) is 0.792. The number of carbonyl (C=O) groups is 2. The second-order valence-electron chi connectivity index (χ2n) is 4.76. The van der Waals surface area contributed by atoms with E-state index in [1.807, 2.05) is 0 Å². The molecule has 0 aliphatic rings. The Bertz CT molecular complexity index is 755. The first-order chi connectivity index (χ1) is 10.9. The molecular formula is C17H13Cl2NO3. The SMILES string of the molecule is O=C(O)Cc1ccc(NC(=O)/C=C/c2ccc(Cl)cc2Cl)cc1. The molecule has 0 atom stereocenters. The first-order valence-electron chi connectivity index (χ1n) is 6.69. The fourth-order valence-corrected chi connectivity index (χ4v) is 2.34. The number of amides is 1. The number of carboxylic acid groups (broad SMARTS) is 1. The number of rotatable bonds is 5. The Balaban J connectivity index is 1.98. The lowest BCUT2D eigenvalue weighted by Crippen LogP contribution is -2.08. The number of hydrogen-bond acceptors (Lipinski definition) is 2. The van der Waals surface area contributed by atoms with Crippen LogP contribution in [-0.2, 0) is 16.0 Å². The van der Waals surface area contributed by atoms with E-state index in [2.05, 4.69) is 5.32 Å². The van der Waals surface area contributed by atoms with Gasteiger partial charge in [0.15, 0.2) is 0 Å². The zero-order valence-corrected chi connectivity index (χ0v) is 13.4. The average Bonchev–Trinajstić information content (AvgIpc) is 2.48. The number of nitrogens with one attached hydrogen (secondary N) is 1. The standard InChI is InChI=1S/C17H13Cl2NO3/c18-13-5-3-12(15(19)10-13)4-8-16(21)20-14-6-1-11(2-7-14)9-17(22)23/h1-8,10H,9H2,(H,20,21)(H,22,23)/b8-4+. The number of benzene rings is 2. The molecule has 0 aliphatic carbocycles. The molecule has 0 fully saturated rings. The van der Waals surface area contributed by atoms with E-state index >= 15 is 0 Å². The zero-order valence-electron chi connectivity index (χ0n) is 11.9. The van der Waals surface area contributed by atoms with Crippen molar-refractivity contribution in [3.63, 3.8) is 0 Å². The molecule has 2 aromatic rings. The molecule has 0 aromatic heterocycles. The van der Waals surface area contributed by atoms with E-state index in [-0.39, 0.29) is 12.3 Å².